The normalized spacial score (nSPS) is 13.1. The van der Waals surface area contributed by atoms with E-state index in [0.29, 0.717) is 91.1 Å². The first kappa shape index (κ1) is 57.8. The summed E-state index contributed by atoms with van der Waals surface area (Å²) in [6.07, 6.45) is 6.97. The minimum Gasteiger partial charge on any atom is -0.493 e. The summed E-state index contributed by atoms with van der Waals surface area (Å²) in [5.74, 6) is 3.39. The Kier molecular flexibility index (Phi) is 20.3. The Morgan fingerprint density at radius 2 is 0.597 bits per heavy atom. The topological polar surface area (TPSA) is 147 Å². The summed E-state index contributed by atoms with van der Waals surface area (Å²) in [7, 11) is 0. The Bertz CT molecular complexity index is 2200. The molecule has 2 amide bonds. The zero-order valence-electron chi connectivity index (χ0n) is 47.0. The highest BCUT2D eigenvalue weighted by Gasteiger charge is 2.29. The van der Waals surface area contributed by atoms with Crippen LogP contribution in [0.1, 0.15) is 202 Å². The molecule has 0 spiro atoms. The van der Waals surface area contributed by atoms with E-state index in [4.69, 9.17) is 30.4 Å². The third-order valence-electron chi connectivity index (χ3n) is 13.5. The molecule has 0 fully saturated rings. The van der Waals surface area contributed by atoms with Gasteiger partial charge in [-0.1, -0.05) is 132 Å². The molecule has 4 aromatic rings. The highest BCUT2D eigenvalue weighted by molar-refractivity contribution is 5.73. The molecule has 0 saturated carbocycles. The number of nitrogens with one attached hydrogen (secondary N) is 2. The van der Waals surface area contributed by atoms with Gasteiger partial charge in [0.1, 0.15) is 23.0 Å². The third kappa shape index (κ3) is 16.5. The van der Waals surface area contributed by atoms with E-state index in [9.17, 15) is 9.59 Å². The van der Waals surface area contributed by atoms with Gasteiger partial charge in [0.25, 0.3) is 0 Å². The quantitative estimate of drug-likeness (QED) is 0.0564. The summed E-state index contributed by atoms with van der Waals surface area (Å²) in [4.78, 5) is 23.9. The molecule has 8 bridgehead atoms. The van der Waals surface area contributed by atoms with Crippen molar-refractivity contribution < 1.29 is 28.5 Å². The van der Waals surface area contributed by atoms with E-state index >= 15 is 0 Å². The van der Waals surface area contributed by atoms with E-state index in [0.717, 1.165) is 93.2 Å². The zero-order chi connectivity index (χ0) is 53.0. The van der Waals surface area contributed by atoms with Crippen LogP contribution in [0.15, 0.2) is 48.5 Å². The Morgan fingerprint density at radius 1 is 0.389 bits per heavy atom. The molecule has 0 atom stereocenters. The van der Waals surface area contributed by atoms with Gasteiger partial charge < -0.3 is 41.0 Å². The van der Waals surface area contributed by atoms with Crippen molar-refractivity contribution in [2.45, 2.75) is 183 Å². The van der Waals surface area contributed by atoms with Crippen LogP contribution in [-0.2, 0) is 56.9 Å². The molecule has 396 valence electrons. The van der Waals surface area contributed by atoms with E-state index in [1.165, 1.54) is 22.3 Å². The summed E-state index contributed by atoms with van der Waals surface area (Å²) < 4.78 is 28.3. The smallest absolute Gasteiger partial charge is 0.216 e. The molecule has 1 aliphatic rings. The van der Waals surface area contributed by atoms with Crippen molar-refractivity contribution in [2.75, 3.05) is 52.6 Å². The van der Waals surface area contributed by atoms with Gasteiger partial charge in [-0.2, -0.15) is 0 Å². The third-order valence-corrected chi connectivity index (χ3v) is 13.5. The van der Waals surface area contributed by atoms with Gasteiger partial charge >= 0.3 is 0 Å². The second kappa shape index (κ2) is 25.3. The molecule has 0 radical (unpaired) electrons. The summed E-state index contributed by atoms with van der Waals surface area (Å²) in [5, 5.41) is 5.93. The lowest BCUT2D eigenvalue weighted by molar-refractivity contribution is -0.119. The first-order valence-electron chi connectivity index (χ1n) is 26.9. The number of benzene rings is 4. The summed E-state index contributed by atoms with van der Waals surface area (Å²) in [5.41, 5.74) is 25.0. The molecule has 4 aromatic carbocycles. The molecule has 5 rings (SSSR count). The van der Waals surface area contributed by atoms with Crippen molar-refractivity contribution >= 4 is 11.8 Å². The van der Waals surface area contributed by atoms with Gasteiger partial charge in [-0.25, -0.2) is 0 Å². The molecule has 0 heterocycles. The van der Waals surface area contributed by atoms with Gasteiger partial charge in [0.15, 0.2) is 0 Å². The van der Waals surface area contributed by atoms with E-state index in [2.05, 4.69) is 142 Å². The van der Waals surface area contributed by atoms with Crippen LogP contribution in [0.5, 0.6) is 23.0 Å². The minimum atomic E-state index is -0.181. The lowest BCUT2D eigenvalue weighted by Crippen LogP contribution is -2.22. The molecule has 0 aliphatic heterocycles. The van der Waals surface area contributed by atoms with Crippen molar-refractivity contribution in [3.63, 3.8) is 0 Å². The maximum absolute atomic E-state index is 12.0. The predicted molar refractivity (Wildman–Crippen MR) is 297 cm³/mol. The fraction of sp³-hybridized carbons (Fsp3) is 0.581. The maximum atomic E-state index is 12.0. The number of amides is 2. The Balaban J connectivity index is 1.97. The van der Waals surface area contributed by atoms with Crippen LogP contribution in [0, 0.1) is 0 Å². The lowest BCUT2D eigenvalue weighted by atomic mass is 9.79. The number of fused-ring (bicyclic) bond motifs is 8. The van der Waals surface area contributed by atoms with Crippen LogP contribution in [0.25, 0.3) is 0 Å². The molecule has 10 nitrogen and oxygen atoms in total. The van der Waals surface area contributed by atoms with Gasteiger partial charge in [-0.15, -0.1) is 0 Å². The summed E-state index contributed by atoms with van der Waals surface area (Å²) in [6, 6.07) is 18.8. The second-order valence-corrected chi connectivity index (χ2v) is 24.3. The van der Waals surface area contributed by atoms with E-state index < -0.39 is 0 Å². The number of nitrogens with two attached hydrogens (primary N) is 2. The number of carbonyl (C=O) groups excluding carboxylic acids is 2. The summed E-state index contributed by atoms with van der Waals surface area (Å²) >= 11 is 0. The number of unbranched alkanes of at least 4 members (excludes halogenated alkanes) is 2. The fourth-order valence-electron chi connectivity index (χ4n) is 9.23. The van der Waals surface area contributed by atoms with Gasteiger partial charge in [0, 0.05) is 52.6 Å². The van der Waals surface area contributed by atoms with Gasteiger partial charge in [-0.05, 0) is 140 Å². The van der Waals surface area contributed by atoms with Crippen molar-refractivity contribution in [3.8, 4) is 23.0 Å². The molecular formula is C62H92N4O6. The van der Waals surface area contributed by atoms with Crippen LogP contribution >= 0.6 is 0 Å². The van der Waals surface area contributed by atoms with Crippen molar-refractivity contribution in [1.82, 2.24) is 10.6 Å². The summed E-state index contributed by atoms with van der Waals surface area (Å²) in [6.45, 7) is 34.6. The fourth-order valence-corrected chi connectivity index (χ4v) is 9.23. The monoisotopic (exact) mass is 989 g/mol. The molecule has 0 unspecified atom stereocenters. The largest absolute Gasteiger partial charge is 0.493 e. The van der Waals surface area contributed by atoms with Gasteiger partial charge in [-0.3, -0.25) is 9.59 Å². The zero-order valence-corrected chi connectivity index (χ0v) is 47.0. The van der Waals surface area contributed by atoms with Gasteiger partial charge in [0.2, 0.25) is 11.8 Å². The Hall–Kier alpha value is -5.06. The Labute approximate surface area is 434 Å². The number of rotatable bonds is 20. The average Bonchev–Trinajstić information content (AvgIpc) is 3.26. The number of ether oxygens (including phenoxy) is 4. The highest BCUT2D eigenvalue weighted by atomic mass is 16.5. The van der Waals surface area contributed by atoms with E-state index in [1.54, 1.807) is 13.8 Å². The Morgan fingerprint density at radius 3 is 0.778 bits per heavy atom. The highest BCUT2D eigenvalue weighted by Crippen LogP contribution is 2.44. The molecule has 0 saturated heterocycles. The number of hydrogen-bond acceptors (Lipinski definition) is 8. The number of hydrogen-bond donors (Lipinski definition) is 4. The minimum absolute atomic E-state index is 0.0532. The molecule has 10 heteroatoms. The van der Waals surface area contributed by atoms with E-state index in [-0.39, 0.29) is 33.5 Å². The molecule has 6 N–H and O–H groups in total. The van der Waals surface area contributed by atoms with Crippen LogP contribution in [-0.4, -0.2) is 64.4 Å². The molecule has 0 aromatic heterocycles. The van der Waals surface area contributed by atoms with E-state index in [1.807, 2.05) is 0 Å². The van der Waals surface area contributed by atoms with Gasteiger partial charge in [0.05, 0.1) is 26.4 Å². The van der Waals surface area contributed by atoms with Crippen LogP contribution < -0.4 is 41.0 Å². The predicted octanol–water partition coefficient (Wildman–Crippen LogP) is 11.6. The first-order valence-corrected chi connectivity index (χ1v) is 26.9. The van der Waals surface area contributed by atoms with Crippen LogP contribution in [0.4, 0.5) is 0 Å². The maximum Gasteiger partial charge on any atom is 0.216 e. The number of carbonyl (C=O) groups is 2. The van der Waals surface area contributed by atoms with Crippen molar-refractivity contribution in [2.24, 2.45) is 11.5 Å². The lowest BCUT2D eigenvalue weighted by Gasteiger charge is -2.29. The molecule has 1 aliphatic carbocycles. The van der Waals surface area contributed by atoms with Crippen LogP contribution in [0.2, 0.25) is 0 Å². The molecular weight excluding hydrogens is 897 g/mol. The first-order chi connectivity index (χ1) is 33.8. The SMILES string of the molecule is CC(=O)NCCCOc1c2cc(C(C)(C)C)cc1Cc1cc(C(C)(C)C)cc(c1OCCCCN)Cc1cc(C(C)(C)C)cc(c1OCCCNC(C)=O)Cc1cc(C(C)(C)C)cc(c1OCCCCN)C2. The van der Waals surface area contributed by atoms with Crippen molar-refractivity contribution in [3.05, 3.63) is 115 Å². The average molecular weight is 989 g/mol. The molecule has 72 heavy (non-hydrogen) atoms. The van der Waals surface area contributed by atoms with Crippen LogP contribution in [0.3, 0.4) is 0 Å². The second-order valence-electron chi connectivity index (χ2n) is 24.3. The van der Waals surface area contributed by atoms with Crippen molar-refractivity contribution in [1.29, 1.82) is 0 Å². The standard InChI is InChI=1S/C62H92N4O6/c1-41(67)65-23-19-27-71-57-47-29-43-33-51(59(3,4)5)35-45(55(43)69-25-17-15-21-63)31-49-39-54(62(12,13)14)40-50(58(49)72-28-20-24-66-42(2)68)32-46-36-52(60(6,7)8)34-44(56(46)70-26-18-16-22-64)30-48(57)38-53(37-47)61(9,10)11/h33-40H,15-32,63-64H2,1-14H3,(H,65,67)(H,66,68).